The third-order valence-electron chi connectivity index (χ3n) is 2.74. The highest BCUT2D eigenvalue weighted by molar-refractivity contribution is 8.26. The Bertz CT molecular complexity index is 596. The lowest BCUT2D eigenvalue weighted by Gasteiger charge is -2.11. The van der Waals surface area contributed by atoms with E-state index >= 15 is 0 Å². The first-order valence-electron chi connectivity index (χ1n) is 5.76. The molecule has 1 aliphatic heterocycles. The highest BCUT2D eigenvalue weighted by Gasteiger charge is 2.34. The predicted molar refractivity (Wildman–Crippen MR) is 77.0 cm³/mol. The van der Waals surface area contributed by atoms with Crippen LogP contribution in [0.4, 0.5) is 13.2 Å². The van der Waals surface area contributed by atoms with Gasteiger partial charge in [0.2, 0.25) is 0 Å². The minimum Gasteiger partial charge on any atom is -0.293 e. The number of carbonyl (C=O) groups is 1. The van der Waals surface area contributed by atoms with Crippen LogP contribution in [-0.2, 0) is 11.0 Å². The molecule has 0 radical (unpaired) electrons. The molecule has 1 aromatic rings. The van der Waals surface area contributed by atoms with E-state index in [0.29, 0.717) is 10.9 Å². The second-order valence-electron chi connectivity index (χ2n) is 4.01. The summed E-state index contributed by atoms with van der Waals surface area (Å²) < 4.78 is 39.0. The number of carbonyl (C=O) groups excluding carboxylic acids is 1. The van der Waals surface area contributed by atoms with Gasteiger partial charge in [-0.25, -0.2) is 0 Å². The summed E-state index contributed by atoms with van der Waals surface area (Å²) in [6, 6.07) is 5.15. The number of nitrogens with zero attached hydrogens (tertiary/aromatic N) is 1. The van der Waals surface area contributed by atoms with E-state index in [9.17, 15) is 18.0 Å². The van der Waals surface area contributed by atoms with Crippen LogP contribution in [0.2, 0.25) is 0 Å². The van der Waals surface area contributed by atoms with Gasteiger partial charge in [-0.15, -0.1) is 0 Å². The molecule has 2 rings (SSSR count). The largest absolute Gasteiger partial charge is 0.416 e. The van der Waals surface area contributed by atoms with Crippen molar-refractivity contribution in [3.8, 4) is 0 Å². The van der Waals surface area contributed by atoms with Crippen molar-refractivity contribution in [2.75, 3.05) is 6.54 Å². The summed E-state index contributed by atoms with van der Waals surface area (Å²) in [7, 11) is 0. The molecule has 1 aromatic carbocycles. The number of hydrogen-bond donors (Lipinski definition) is 0. The van der Waals surface area contributed by atoms with Crippen LogP contribution in [0.1, 0.15) is 18.1 Å². The molecule has 0 unspecified atom stereocenters. The first-order chi connectivity index (χ1) is 9.34. The van der Waals surface area contributed by atoms with Gasteiger partial charge < -0.3 is 0 Å². The zero-order chi connectivity index (χ0) is 14.9. The lowest BCUT2D eigenvalue weighted by atomic mass is 10.1. The van der Waals surface area contributed by atoms with Gasteiger partial charge in [-0.05, 0) is 24.6 Å². The maximum atomic E-state index is 12.9. The van der Waals surface area contributed by atoms with Crippen LogP contribution >= 0.6 is 24.0 Å². The molecular formula is C13H10F3NOS2. The predicted octanol–water partition coefficient (Wildman–Crippen LogP) is 3.93. The standard InChI is InChI=1S/C13H10F3NOS2/c1-2-17-11(18)10(20-12(17)19)7-8-5-3-4-6-9(8)13(14,15)16/h3-7H,2H2,1H3. The van der Waals surface area contributed by atoms with E-state index in [1.165, 1.54) is 29.2 Å². The zero-order valence-electron chi connectivity index (χ0n) is 10.4. The summed E-state index contributed by atoms with van der Waals surface area (Å²) in [4.78, 5) is 13.6. The van der Waals surface area contributed by atoms with Gasteiger partial charge in [0.15, 0.2) is 0 Å². The van der Waals surface area contributed by atoms with Crippen LogP contribution in [0.25, 0.3) is 6.08 Å². The molecule has 0 N–H and O–H groups in total. The number of amides is 1. The number of alkyl halides is 3. The van der Waals surface area contributed by atoms with E-state index in [1.54, 1.807) is 6.92 Å². The second kappa shape index (κ2) is 5.57. The highest BCUT2D eigenvalue weighted by Crippen LogP contribution is 2.36. The molecule has 0 saturated carbocycles. The fraction of sp³-hybridized carbons (Fsp3) is 0.231. The fourth-order valence-corrected chi connectivity index (χ4v) is 3.17. The Morgan fingerprint density at radius 3 is 2.55 bits per heavy atom. The molecule has 1 aliphatic rings. The summed E-state index contributed by atoms with van der Waals surface area (Å²) in [6.07, 6.45) is -3.21. The van der Waals surface area contributed by atoms with Gasteiger partial charge in [0.1, 0.15) is 4.32 Å². The van der Waals surface area contributed by atoms with E-state index < -0.39 is 11.7 Å². The van der Waals surface area contributed by atoms with Crippen LogP contribution in [0, 0.1) is 0 Å². The molecule has 20 heavy (non-hydrogen) atoms. The number of rotatable bonds is 2. The minimum absolute atomic E-state index is 0.0309. The number of thioether (sulfide) groups is 1. The number of benzene rings is 1. The average Bonchev–Trinajstić information content (AvgIpc) is 2.63. The van der Waals surface area contributed by atoms with Crippen molar-refractivity contribution in [1.82, 2.24) is 4.90 Å². The summed E-state index contributed by atoms with van der Waals surface area (Å²) in [5, 5.41) is 0. The molecule has 0 aromatic heterocycles. The quantitative estimate of drug-likeness (QED) is 0.609. The third kappa shape index (κ3) is 2.88. The molecule has 2 nitrogen and oxygen atoms in total. The van der Waals surface area contributed by atoms with E-state index in [2.05, 4.69) is 0 Å². The van der Waals surface area contributed by atoms with Crippen LogP contribution in [-0.4, -0.2) is 21.7 Å². The zero-order valence-corrected chi connectivity index (χ0v) is 12.0. The second-order valence-corrected chi connectivity index (χ2v) is 5.69. The summed E-state index contributed by atoms with van der Waals surface area (Å²) >= 11 is 6.04. The number of halogens is 3. The molecule has 1 heterocycles. The summed E-state index contributed by atoms with van der Waals surface area (Å²) in [6.45, 7) is 2.17. The molecule has 0 aliphatic carbocycles. The maximum absolute atomic E-state index is 12.9. The maximum Gasteiger partial charge on any atom is 0.416 e. The van der Waals surface area contributed by atoms with Crippen molar-refractivity contribution in [2.24, 2.45) is 0 Å². The van der Waals surface area contributed by atoms with Gasteiger partial charge in [-0.3, -0.25) is 9.69 Å². The lowest BCUT2D eigenvalue weighted by molar-refractivity contribution is -0.137. The first kappa shape index (κ1) is 15.1. The van der Waals surface area contributed by atoms with Crippen molar-refractivity contribution >= 4 is 40.3 Å². The molecule has 0 atom stereocenters. The molecule has 0 bridgehead atoms. The van der Waals surface area contributed by atoms with Crippen LogP contribution in [0.15, 0.2) is 29.2 Å². The summed E-state index contributed by atoms with van der Waals surface area (Å²) in [5.74, 6) is -0.348. The van der Waals surface area contributed by atoms with E-state index in [4.69, 9.17) is 12.2 Å². The first-order valence-corrected chi connectivity index (χ1v) is 6.98. The third-order valence-corrected chi connectivity index (χ3v) is 4.12. The Hall–Kier alpha value is -1.34. The van der Waals surface area contributed by atoms with E-state index in [-0.39, 0.29) is 16.4 Å². The monoisotopic (exact) mass is 317 g/mol. The lowest BCUT2D eigenvalue weighted by Crippen LogP contribution is -2.27. The van der Waals surface area contributed by atoms with Gasteiger partial charge in [0.05, 0.1) is 10.5 Å². The molecule has 7 heteroatoms. The van der Waals surface area contributed by atoms with Crippen molar-refractivity contribution < 1.29 is 18.0 Å². The molecule has 0 spiro atoms. The van der Waals surface area contributed by atoms with E-state index in [1.807, 2.05) is 0 Å². The van der Waals surface area contributed by atoms with Gasteiger partial charge >= 0.3 is 6.18 Å². The Balaban J connectivity index is 2.43. The Morgan fingerprint density at radius 1 is 1.35 bits per heavy atom. The van der Waals surface area contributed by atoms with Crippen LogP contribution < -0.4 is 0 Å². The molecule has 1 fully saturated rings. The SMILES string of the molecule is CCN1C(=O)C(=Cc2ccccc2C(F)(F)F)SC1=S. The fourth-order valence-electron chi connectivity index (χ4n) is 1.79. The average molecular weight is 317 g/mol. The normalized spacial score (nSPS) is 18.2. The Labute approximate surface area is 123 Å². The number of thiocarbonyl (C=S) groups is 1. The van der Waals surface area contributed by atoms with Gasteiger partial charge in [0.25, 0.3) is 5.91 Å². The smallest absolute Gasteiger partial charge is 0.293 e. The van der Waals surface area contributed by atoms with Gasteiger partial charge in [0, 0.05) is 6.54 Å². The van der Waals surface area contributed by atoms with Crippen molar-refractivity contribution in [3.05, 3.63) is 40.3 Å². The number of hydrogen-bond acceptors (Lipinski definition) is 3. The van der Waals surface area contributed by atoms with Crippen molar-refractivity contribution in [1.29, 1.82) is 0 Å². The molecule has 1 saturated heterocycles. The van der Waals surface area contributed by atoms with E-state index in [0.717, 1.165) is 17.8 Å². The topological polar surface area (TPSA) is 20.3 Å². The highest BCUT2D eigenvalue weighted by atomic mass is 32.2. The molecular weight excluding hydrogens is 307 g/mol. The van der Waals surface area contributed by atoms with Gasteiger partial charge in [-0.1, -0.05) is 42.2 Å². The Kier molecular flexibility index (Phi) is 4.19. The van der Waals surface area contributed by atoms with Crippen molar-refractivity contribution in [2.45, 2.75) is 13.1 Å². The molecule has 1 amide bonds. The minimum atomic E-state index is -4.45. The summed E-state index contributed by atoms with van der Waals surface area (Å²) in [5.41, 5.74) is -0.793. The molecule has 106 valence electrons. The Morgan fingerprint density at radius 2 is 2.00 bits per heavy atom. The van der Waals surface area contributed by atoms with Gasteiger partial charge in [-0.2, -0.15) is 13.2 Å². The number of likely N-dealkylation sites (N-methyl/N-ethyl adjacent to an activating group) is 1. The van der Waals surface area contributed by atoms with Crippen molar-refractivity contribution in [3.63, 3.8) is 0 Å². The van der Waals surface area contributed by atoms with Crippen LogP contribution in [0.3, 0.4) is 0 Å². The van der Waals surface area contributed by atoms with Crippen LogP contribution in [0.5, 0.6) is 0 Å².